The zero-order valence-electron chi connectivity index (χ0n) is 7.75. The van der Waals surface area contributed by atoms with Crippen molar-refractivity contribution in [1.29, 1.82) is 0 Å². The van der Waals surface area contributed by atoms with E-state index in [-0.39, 0.29) is 11.5 Å². The highest BCUT2D eigenvalue weighted by atomic mass is 19.1. The van der Waals surface area contributed by atoms with E-state index in [1.807, 2.05) is 6.92 Å². The number of hydrogen-bond acceptors (Lipinski definition) is 3. The number of benzene rings is 1. The summed E-state index contributed by atoms with van der Waals surface area (Å²) in [7, 11) is 1.62. The van der Waals surface area contributed by atoms with Crippen LogP contribution in [0.25, 0.3) is 0 Å². The summed E-state index contributed by atoms with van der Waals surface area (Å²) >= 11 is 0. The summed E-state index contributed by atoms with van der Waals surface area (Å²) in [5.41, 5.74) is 6.24. The Bertz CT molecular complexity index is 271. The van der Waals surface area contributed by atoms with E-state index in [9.17, 15) is 4.39 Å². The molecule has 0 aromatic heterocycles. The first-order valence-electron chi connectivity index (χ1n) is 4.07. The Hall–Kier alpha value is -1.29. The Balaban J connectivity index is 2.98. The zero-order valence-corrected chi connectivity index (χ0v) is 7.75. The molecule has 1 aromatic rings. The fourth-order valence-electron chi connectivity index (χ4n) is 1.12. The second-order valence-electron chi connectivity index (χ2n) is 2.59. The zero-order chi connectivity index (χ0) is 9.84. The van der Waals surface area contributed by atoms with Gasteiger partial charge in [0.05, 0.1) is 12.3 Å². The van der Waals surface area contributed by atoms with Gasteiger partial charge in [-0.3, -0.25) is 9.90 Å². The van der Waals surface area contributed by atoms with Crippen molar-refractivity contribution in [2.24, 2.45) is 0 Å². The lowest BCUT2D eigenvalue weighted by atomic mass is 10.2. The molecular formula is C9H13FN2O. The van der Waals surface area contributed by atoms with Crippen LogP contribution in [-0.4, -0.2) is 13.7 Å². The molecule has 0 saturated heterocycles. The van der Waals surface area contributed by atoms with Gasteiger partial charge in [0.25, 0.3) is 0 Å². The van der Waals surface area contributed by atoms with Crippen molar-refractivity contribution in [2.75, 3.05) is 24.5 Å². The van der Waals surface area contributed by atoms with Gasteiger partial charge in [0.1, 0.15) is 5.69 Å². The largest absolute Gasteiger partial charge is 0.397 e. The summed E-state index contributed by atoms with van der Waals surface area (Å²) in [6.07, 6.45) is 0. The average Bonchev–Trinajstić information content (AvgIpc) is 2.04. The molecule has 3 nitrogen and oxygen atoms in total. The van der Waals surface area contributed by atoms with Crippen molar-refractivity contribution < 1.29 is 9.23 Å². The normalized spacial score (nSPS) is 10.1. The fraction of sp³-hybridized carbons (Fsp3) is 0.333. The molecule has 4 heteroatoms. The minimum absolute atomic E-state index is 0.282. The second kappa shape index (κ2) is 4.09. The molecule has 0 atom stereocenters. The van der Waals surface area contributed by atoms with E-state index in [2.05, 4.69) is 0 Å². The molecule has 0 amide bonds. The van der Waals surface area contributed by atoms with Gasteiger partial charge in [-0.05, 0) is 19.1 Å². The van der Waals surface area contributed by atoms with Gasteiger partial charge in [-0.25, -0.2) is 4.39 Å². The third kappa shape index (κ3) is 2.09. The van der Waals surface area contributed by atoms with Gasteiger partial charge in [0.2, 0.25) is 0 Å². The van der Waals surface area contributed by atoms with E-state index in [4.69, 9.17) is 10.6 Å². The van der Waals surface area contributed by atoms with Gasteiger partial charge >= 0.3 is 0 Å². The number of hydrogen-bond donors (Lipinski definition) is 1. The molecule has 2 N–H and O–H groups in total. The fourth-order valence-corrected chi connectivity index (χ4v) is 1.12. The number of hydroxylamine groups is 1. The predicted octanol–water partition coefficient (Wildman–Crippen LogP) is 1.80. The molecule has 0 radical (unpaired) electrons. The molecule has 0 spiro atoms. The van der Waals surface area contributed by atoms with Crippen LogP contribution in [0.5, 0.6) is 0 Å². The monoisotopic (exact) mass is 184 g/mol. The Kier molecular flexibility index (Phi) is 3.08. The molecule has 1 aromatic carbocycles. The topological polar surface area (TPSA) is 38.5 Å². The molecular weight excluding hydrogens is 171 g/mol. The first-order valence-corrected chi connectivity index (χ1v) is 4.07. The maximum absolute atomic E-state index is 13.2. The van der Waals surface area contributed by atoms with Crippen molar-refractivity contribution in [3.8, 4) is 0 Å². The Morgan fingerprint density at radius 1 is 1.54 bits per heavy atom. The third-order valence-electron chi connectivity index (χ3n) is 1.66. The molecule has 0 fully saturated rings. The van der Waals surface area contributed by atoms with E-state index >= 15 is 0 Å². The number of anilines is 2. The van der Waals surface area contributed by atoms with Crippen LogP contribution >= 0.6 is 0 Å². The smallest absolute Gasteiger partial charge is 0.150 e. The standard InChI is InChI=1S/C9H13FN2O/c1-3-13-12(2)9-7(10)5-4-6-8(9)11/h4-6H,3,11H2,1-2H3. The first-order chi connectivity index (χ1) is 6.16. The van der Waals surface area contributed by atoms with E-state index in [1.165, 1.54) is 11.1 Å². The summed E-state index contributed by atoms with van der Waals surface area (Å²) in [6, 6.07) is 4.54. The molecule has 0 aliphatic heterocycles. The Labute approximate surface area is 76.9 Å². The van der Waals surface area contributed by atoms with Crippen LogP contribution in [0.2, 0.25) is 0 Å². The van der Waals surface area contributed by atoms with Gasteiger partial charge in [0, 0.05) is 7.05 Å². The molecule has 13 heavy (non-hydrogen) atoms. The van der Waals surface area contributed by atoms with Crippen LogP contribution in [0.1, 0.15) is 6.92 Å². The predicted molar refractivity (Wildman–Crippen MR) is 50.8 cm³/mol. The van der Waals surface area contributed by atoms with Crippen LogP contribution in [0, 0.1) is 5.82 Å². The van der Waals surface area contributed by atoms with E-state index in [0.29, 0.717) is 12.3 Å². The van der Waals surface area contributed by atoms with Crippen LogP contribution < -0.4 is 10.8 Å². The van der Waals surface area contributed by atoms with Crippen molar-refractivity contribution in [3.05, 3.63) is 24.0 Å². The summed E-state index contributed by atoms with van der Waals surface area (Å²) < 4.78 is 13.2. The third-order valence-corrected chi connectivity index (χ3v) is 1.66. The molecule has 0 unspecified atom stereocenters. The number of nitrogens with two attached hydrogens (primary N) is 1. The molecule has 72 valence electrons. The van der Waals surface area contributed by atoms with Gasteiger partial charge in [-0.2, -0.15) is 0 Å². The number of nitrogen functional groups attached to an aromatic ring is 1. The highest BCUT2D eigenvalue weighted by Crippen LogP contribution is 2.25. The second-order valence-corrected chi connectivity index (χ2v) is 2.59. The summed E-state index contributed by atoms with van der Waals surface area (Å²) in [5.74, 6) is -0.379. The highest BCUT2D eigenvalue weighted by molar-refractivity contribution is 5.66. The highest BCUT2D eigenvalue weighted by Gasteiger charge is 2.10. The lowest BCUT2D eigenvalue weighted by Gasteiger charge is -2.19. The molecule has 0 bridgehead atoms. The minimum atomic E-state index is -0.379. The van der Waals surface area contributed by atoms with Crippen molar-refractivity contribution in [2.45, 2.75) is 6.92 Å². The average molecular weight is 184 g/mol. The van der Waals surface area contributed by atoms with Gasteiger partial charge in [-0.15, -0.1) is 0 Å². The van der Waals surface area contributed by atoms with E-state index < -0.39 is 0 Å². The SMILES string of the molecule is CCON(C)c1c(N)cccc1F. The number of rotatable bonds is 3. The van der Waals surface area contributed by atoms with Crippen molar-refractivity contribution in [3.63, 3.8) is 0 Å². The first kappa shape index (κ1) is 9.80. The quantitative estimate of drug-likeness (QED) is 0.575. The summed E-state index contributed by atoms with van der Waals surface area (Å²) in [4.78, 5) is 5.10. The van der Waals surface area contributed by atoms with Crippen LogP contribution in [0.4, 0.5) is 15.8 Å². The lowest BCUT2D eigenvalue weighted by molar-refractivity contribution is 0.133. The van der Waals surface area contributed by atoms with E-state index in [1.54, 1.807) is 19.2 Å². The van der Waals surface area contributed by atoms with Crippen molar-refractivity contribution in [1.82, 2.24) is 0 Å². The van der Waals surface area contributed by atoms with Crippen LogP contribution in [0.3, 0.4) is 0 Å². The maximum Gasteiger partial charge on any atom is 0.150 e. The maximum atomic E-state index is 13.2. The van der Waals surface area contributed by atoms with E-state index in [0.717, 1.165) is 0 Å². The lowest BCUT2D eigenvalue weighted by Crippen LogP contribution is -2.20. The molecule has 0 heterocycles. The Morgan fingerprint density at radius 3 is 2.77 bits per heavy atom. The van der Waals surface area contributed by atoms with Crippen molar-refractivity contribution >= 4 is 11.4 Å². The number of nitrogens with zero attached hydrogens (tertiary/aromatic N) is 1. The molecule has 0 aliphatic carbocycles. The molecule has 1 rings (SSSR count). The van der Waals surface area contributed by atoms with Crippen LogP contribution in [0.15, 0.2) is 18.2 Å². The molecule has 0 aliphatic rings. The summed E-state index contributed by atoms with van der Waals surface area (Å²) in [6.45, 7) is 2.30. The molecule has 0 saturated carbocycles. The van der Waals surface area contributed by atoms with Crippen LogP contribution in [-0.2, 0) is 4.84 Å². The van der Waals surface area contributed by atoms with Gasteiger partial charge < -0.3 is 5.73 Å². The minimum Gasteiger partial charge on any atom is -0.397 e. The van der Waals surface area contributed by atoms with Gasteiger partial charge in [-0.1, -0.05) is 6.07 Å². The van der Waals surface area contributed by atoms with Gasteiger partial charge in [0.15, 0.2) is 5.82 Å². The number of halogens is 1. The summed E-state index contributed by atoms with van der Waals surface area (Å²) in [5, 5.41) is 1.34. The Morgan fingerprint density at radius 2 is 2.23 bits per heavy atom. The number of para-hydroxylation sites is 1.